The van der Waals surface area contributed by atoms with E-state index in [4.69, 9.17) is 5.73 Å². The molecule has 0 spiro atoms. The fourth-order valence-corrected chi connectivity index (χ4v) is 1.59. The first-order valence-electron chi connectivity index (χ1n) is 5.73. The standard InChI is InChI=1S/C11H10F6N2O3/c1-2-21-9(20)6-7(10(12,13)14)5(3-18)4-19-8(6)22-11(15,16)17/h4H,2-3,18H2,1H3. The Morgan fingerprint density at radius 1 is 1.27 bits per heavy atom. The molecule has 0 aliphatic carbocycles. The molecule has 124 valence electrons. The second-order valence-corrected chi connectivity index (χ2v) is 3.81. The molecule has 0 saturated carbocycles. The van der Waals surface area contributed by atoms with Gasteiger partial charge in [0.2, 0.25) is 5.88 Å². The summed E-state index contributed by atoms with van der Waals surface area (Å²) in [6.07, 6.45) is -10.0. The Hall–Kier alpha value is -2.04. The molecule has 5 nitrogen and oxygen atoms in total. The van der Waals surface area contributed by atoms with Crippen LogP contribution in [0.25, 0.3) is 0 Å². The maximum Gasteiger partial charge on any atom is 0.574 e. The van der Waals surface area contributed by atoms with Crippen molar-refractivity contribution < 1.29 is 40.6 Å². The van der Waals surface area contributed by atoms with Gasteiger partial charge in [0.05, 0.1) is 12.2 Å². The van der Waals surface area contributed by atoms with E-state index in [2.05, 4.69) is 14.5 Å². The number of carbonyl (C=O) groups is 1. The summed E-state index contributed by atoms with van der Waals surface area (Å²) in [5.41, 5.74) is 1.32. The highest BCUT2D eigenvalue weighted by atomic mass is 19.4. The van der Waals surface area contributed by atoms with Crippen LogP contribution in [0.4, 0.5) is 26.3 Å². The molecule has 0 fully saturated rings. The molecular weight excluding hydrogens is 322 g/mol. The highest BCUT2D eigenvalue weighted by Gasteiger charge is 2.43. The summed E-state index contributed by atoms with van der Waals surface area (Å²) >= 11 is 0. The zero-order valence-electron chi connectivity index (χ0n) is 11.0. The van der Waals surface area contributed by atoms with Gasteiger partial charge in [-0.1, -0.05) is 0 Å². The number of ether oxygens (including phenoxy) is 2. The molecule has 0 amide bonds. The highest BCUT2D eigenvalue weighted by molar-refractivity contribution is 5.94. The third-order valence-corrected chi connectivity index (χ3v) is 2.32. The van der Waals surface area contributed by atoms with Gasteiger partial charge >= 0.3 is 18.5 Å². The molecule has 0 radical (unpaired) electrons. The average Bonchev–Trinajstić information content (AvgIpc) is 2.35. The Balaban J connectivity index is 3.62. The number of nitrogens with two attached hydrogens (primary N) is 1. The molecular formula is C11H10F6N2O3. The SMILES string of the molecule is CCOC(=O)c1c(OC(F)(F)F)ncc(CN)c1C(F)(F)F. The number of esters is 1. The van der Waals surface area contributed by atoms with Gasteiger partial charge in [0.25, 0.3) is 0 Å². The van der Waals surface area contributed by atoms with Crippen molar-refractivity contribution in [2.45, 2.75) is 26.0 Å². The summed E-state index contributed by atoms with van der Waals surface area (Å²) in [5, 5.41) is 0. The second kappa shape index (κ2) is 6.38. The first kappa shape index (κ1) is 18.0. The van der Waals surface area contributed by atoms with Crippen molar-refractivity contribution in [1.82, 2.24) is 4.98 Å². The van der Waals surface area contributed by atoms with E-state index >= 15 is 0 Å². The Morgan fingerprint density at radius 2 is 1.86 bits per heavy atom. The molecule has 1 rings (SSSR count). The lowest BCUT2D eigenvalue weighted by molar-refractivity contribution is -0.276. The van der Waals surface area contributed by atoms with Crippen LogP contribution in [0.2, 0.25) is 0 Å². The van der Waals surface area contributed by atoms with E-state index in [-0.39, 0.29) is 6.61 Å². The Kier molecular flexibility index (Phi) is 5.22. The molecule has 0 unspecified atom stereocenters. The van der Waals surface area contributed by atoms with E-state index in [0.717, 1.165) is 0 Å². The van der Waals surface area contributed by atoms with E-state index in [1.807, 2.05) is 0 Å². The van der Waals surface area contributed by atoms with Gasteiger partial charge in [0, 0.05) is 12.7 Å². The molecule has 0 aromatic carbocycles. The number of alkyl halides is 6. The molecule has 0 aliphatic rings. The van der Waals surface area contributed by atoms with Crippen LogP contribution in [-0.2, 0) is 17.5 Å². The topological polar surface area (TPSA) is 74.4 Å². The van der Waals surface area contributed by atoms with Gasteiger partial charge in [-0.05, 0) is 12.5 Å². The molecule has 11 heteroatoms. The summed E-state index contributed by atoms with van der Waals surface area (Å²) in [6.45, 7) is 0.227. The van der Waals surface area contributed by atoms with E-state index in [1.54, 1.807) is 0 Å². The molecule has 0 atom stereocenters. The summed E-state index contributed by atoms with van der Waals surface area (Å²) in [6, 6.07) is 0. The van der Waals surface area contributed by atoms with Crippen LogP contribution in [0.3, 0.4) is 0 Å². The number of nitrogens with zero attached hydrogens (tertiary/aromatic N) is 1. The minimum Gasteiger partial charge on any atom is -0.462 e. The number of hydrogen-bond acceptors (Lipinski definition) is 5. The number of carbonyl (C=O) groups excluding carboxylic acids is 1. The van der Waals surface area contributed by atoms with Crippen molar-refractivity contribution in [1.29, 1.82) is 0 Å². The van der Waals surface area contributed by atoms with Gasteiger partial charge in [-0.2, -0.15) is 13.2 Å². The quantitative estimate of drug-likeness (QED) is 0.678. The summed E-state index contributed by atoms with van der Waals surface area (Å²) in [4.78, 5) is 14.7. The molecule has 22 heavy (non-hydrogen) atoms. The van der Waals surface area contributed by atoms with Crippen LogP contribution in [0.5, 0.6) is 5.88 Å². The highest BCUT2D eigenvalue weighted by Crippen LogP contribution is 2.39. The van der Waals surface area contributed by atoms with Gasteiger partial charge in [-0.25, -0.2) is 9.78 Å². The van der Waals surface area contributed by atoms with E-state index in [1.165, 1.54) is 6.92 Å². The van der Waals surface area contributed by atoms with Crippen molar-refractivity contribution >= 4 is 5.97 Å². The zero-order valence-corrected chi connectivity index (χ0v) is 11.0. The third kappa shape index (κ3) is 4.23. The Bertz CT molecular complexity index is 556. The molecule has 1 aromatic rings. The van der Waals surface area contributed by atoms with Crippen molar-refractivity contribution in [3.05, 3.63) is 22.9 Å². The molecule has 0 saturated heterocycles. The maximum atomic E-state index is 13.1. The van der Waals surface area contributed by atoms with E-state index < -0.39 is 47.6 Å². The molecule has 0 aliphatic heterocycles. The van der Waals surface area contributed by atoms with Gasteiger partial charge in [0.1, 0.15) is 5.56 Å². The fourth-order valence-electron chi connectivity index (χ4n) is 1.59. The van der Waals surface area contributed by atoms with Crippen LogP contribution in [0, 0.1) is 0 Å². The van der Waals surface area contributed by atoms with Crippen molar-refractivity contribution in [3.8, 4) is 5.88 Å². The van der Waals surface area contributed by atoms with Crippen LogP contribution in [0.1, 0.15) is 28.4 Å². The minimum atomic E-state index is -5.33. The van der Waals surface area contributed by atoms with Crippen molar-refractivity contribution in [2.75, 3.05) is 6.61 Å². The minimum absolute atomic E-state index is 0.353. The second-order valence-electron chi connectivity index (χ2n) is 3.81. The number of rotatable bonds is 4. The van der Waals surface area contributed by atoms with Crippen molar-refractivity contribution in [2.24, 2.45) is 5.73 Å². The van der Waals surface area contributed by atoms with Crippen LogP contribution < -0.4 is 10.5 Å². The largest absolute Gasteiger partial charge is 0.574 e. The summed E-state index contributed by atoms with van der Waals surface area (Å²) < 4.78 is 83.8. The summed E-state index contributed by atoms with van der Waals surface area (Å²) in [7, 11) is 0. The fraction of sp³-hybridized carbons (Fsp3) is 0.455. The summed E-state index contributed by atoms with van der Waals surface area (Å²) in [5.74, 6) is -3.19. The van der Waals surface area contributed by atoms with Crippen LogP contribution in [-0.4, -0.2) is 23.9 Å². The first-order chi connectivity index (χ1) is 10.0. The number of pyridine rings is 1. The Morgan fingerprint density at radius 3 is 2.27 bits per heavy atom. The molecule has 2 N–H and O–H groups in total. The molecule has 1 aromatic heterocycles. The molecule has 1 heterocycles. The number of halogens is 6. The lowest BCUT2D eigenvalue weighted by Crippen LogP contribution is -2.25. The maximum absolute atomic E-state index is 13.1. The predicted molar refractivity (Wildman–Crippen MR) is 59.8 cm³/mol. The van der Waals surface area contributed by atoms with Gasteiger partial charge in [-0.3, -0.25) is 0 Å². The van der Waals surface area contributed by atoms with E-state index in [0.29, 0.717) is 6.20 Å². The van der Waals surface area contributed by atoms with E-state index in [9.17, 15) is 31.1 Å². The number of hydrogen-bond donors (Lipinski definition) is 1. The predicted octanol–water partition coefficient (Wildman–Crippen LogP) is 2.63. The van der Waals surface area contributed by atoms with Crippen LogP contribution in [0.15, 0.2) is 6.20 Å². The van der Waals surface area contributed by atoms with Gasteiger partial charge in [-0.15, -0.1) is 13.2 Å². The monoisotopic (exact) mass is 332 g/mol. The van der Waals surface area contributed by atoms with Gasteiger partial charge < -0.3 is 15.2 Å². The lowest BCUT2D eigenvalue weighted by atomic mass is 10.0. The third-order valence-electron chi connectivity index (χ3n) is 2.32. The molecule has 0 bridgehead atoms. The smallest absolute Gasteiger partial charge is 0.462 e. The normalized spacial score (nSPS) is 12.2. The van der Waals surface area contributed by atoms with Gasteiger partial charge in [0.15, 0.2) is 0 Å². The Labute approximate surface area is 120 Å². The number of aromatic nitrogens is 1. The van der Waals surface area contributed by atoms with Crippen LogP contribution >= 0.6 is 0 Å². The lowest BCUT2D eigenvalue weighted by Gasteiger charge is -2.18. The first-order valence-corrected chi connectivity index (χ1v) is 5.73. The van der Waals surface area contributed by atoms with Crippen molar-refractivity contribution in [3.63, 3.8) is 0 Å². The zero-order chi connectivity index (χ0) is 17.1. The average molecular weight is 332 g/mol.